The summed E-state index contributed by atoms with van der Waals surface area (Å²) in [7, 11) is 0. The molecule has 0 spiro atoms. The molecule has 84 valence electrons. The van der Waals surface area contributed by atoms with Gasteiger partial charge >= 0.3 is 0 Å². The van der Waals surface area contributed by atoms with Gasteiger partial charge in [0.2, 0.25) is 5.95 Å². The zero-order valence-corrected chi connectivity index (χ0v) is 9.44. The molecule has 0 fully saturated rings. The van der Waals surface area contributed by atoms with E-state index in [2.05, 4.69) is 15.0 Å². The van der Waals surface area contributed by atoms with Crippen molar-refractivity contribution in [1.82, 2.24) is 15.0 Å². The Balaban J connectivity index is 2.30. The summed E-state index contributed by atoms with van der Waals surface area (Å²) in [6, 6.07) is 10.1. The predicted octanol–water partition coefficient (Wildman–Crippen LogP) is 2.52. The lowest BCUT2D eigenvalue weighted by Crippen LogP contribution is -1.98. The molecule has 4 heteroatoms. The van der Waals surface area contributed by atoms with Gasteiger partial charge in [0, 0.05) is 28.4 Å². The van der Waals surface area contributed by atoms with Crippen LogP contribution in [0.2, 0.25) is 0 Å². The molecular weight excluding hydrogens is 212 g/mol. The van der Waals surface area contributed by atoms with Gasteiger partial charge in [-0.05, 0) is 25.1 Å². The van der Waals surface area contributed by atoms with E-state index in [0.29, 0.717) is 5.95 Å². The third-order valence-electron chi connectivity index (χ3n) is 2.74. The Morgan fingerprint density at radius 3 is 2.88 bits per heavy atom. The molecule has 0 aliphatic heterocycles. The fraction of sp³-hybridized carbons (Fsp3) is 0.0769. The Morgan fingerprint density at radius 2 is 2.06 bits per heavy atom. The molecule has 3 aromatic rings. The number of H-pyrrole nitrogens is 1. The number of rotatable bonds is 1. The molecule has 0 aliphatic carbocycles. The minimum atomic E-state index is 0.313. The zero-order valence-electron chi connectivity index (χ0n) is 9.44. The van der Waals surface area contributed by atoms with Crippen LogP contribution in [0, 0.1) is 6.92 Å². The lowest BCUT2D eigenvalue weighted by atomic mass is 10.1. The van der Waals surface area contributed by atoms with Gasteiger partial charge in [0.25, 0.3) is 0 Å². The van der Waals surface area contributed by atoms with Crippen LogP contribution in [0.5, 0.6) is 0 Å². The summed E-state index contributed by atoms with van der Waals surface area (Å²) in [6.07, 6.45) is 1.92. The minimum Gasteiger partial charge on any atom is -0.368 e. The van der Waals surface area contributed by atoms with Crippen molar-refractivity contribution in [3.05, 3.63) is 42.2 Å². The number of benzene rings is 1. The highest BCUT2D eigenvalue weighted by Gasteiger charge is 2.07. The van der Waals surface area contributed by atoms with Gasteiger partial charge < -0.3 is 10.7 Å². The van der Waals surface area contributed by atoms with Crippen LogP contribution in [0.15, 0.2) is 36.5 Å². The summed E-state index contributed by atoms with van der Waals surface area (Å²) in [5, 5.41) is 1.14. The molecular formula is C13H12N4. The third-order valence-corrected chi connectivity index (χ3v) is 2.74. The first kappa shape index (κ1) is 9.84. The molecule has 0 saturated carbocycles. The second kappa shape index (κ2) is 3.59. The van der Waals surface area contributed by atoms with Gasteiger partial charge in [-0.2, -0.15) is 0 Å². The van der Waals surface area contributed by atoms with Gasteiger partial charge in [-0.15, -0.1) is 0 Å². The van der Waals surface area contributed by atoms with Crippen molar-refractivity contribution in [2.75, 3.05) is 5.73 Å². The normalized spacial score (nSPS) is 10.9. The Bertz CT molecular complexity index is 664. The Labute approximate surface area is 98.5 Å². The molecule has 1 aromatic carbocycles. The summed E-state index contributed by atoms with van der Waals surface area (Å²) in [4.78, 5) is 11.6. The Hall–Kier alpha value is -2.36. The van der Waals surface area contributed by atoms with E-state index in [1.807, 2.05) is 43.5 Å². The molecule has 0 unspecified atom stereocenters. The SMILES string of the molecule is Cc1cc(-c2cccc3[nH]ccc23)nc(N)n1. The zero-order chi connectivity index (χ0) is 11.8. The molecule has 17 heavy (non-hydrogen) atoms. The topological polar surface area (TPSA) is 67.6 Å². The van der Waals surface area contributed by atoms with E-state index in [0.717, 1.165) is 27.9 Å². The summed E-state index contributed by atoms with van der Waals surface area (Å²) in [5.41, 5.74) is 9.59. The first-order valence-electron chi connectivity index (χ1n) is 5.42. The quantitative estimate of drug-likeness (QED) is 0.667. The Kier molecular flexibility index (Phi) is 2.08. The molecule has 0 bridgehead atoms. The lowest BCUT2D eigenvalue weighted by Gasteiger charge is -2.04. The average Bonchev–Trinajstić information content (AvgIpc) is 2.75. The van der Waals surface area contributed by atoms with Crippen molar-refractivity contribution in [2.45, 2.75) is 6.92 Å². The summed E-state index contributed by atoms with van der Waals surface area (Å²) < 4.78 is 0. The monoisotopic (exact) mass is 224 g/mol. The highest BCUT2D eigenvalue weighted by Crippen LogP contribution is 2.27. The van der Waals surface area contributed by atoms with Gasteiger partial charge in [-0.3, -0.25) is 0 Å². The number of aromatic nitrogens is 3. The average molecular weight is 224 g/mol. The van der Waals surface area contributed by atoms with Crippen LogP contribution >= 0.6 is 0 Å². The smallest absolute Gasteiger partial charge is 0.220 e. The van der Waals surface area contributed by atoms with Crippen LogP contribution in [0.3, 0.4) is 0 Å². The first-order valence-corrected chi connectivity index (χ1v) is 5.42. The molecule has 2 aromatic heterocycles. The third kappa shape index (κ3) is 1.63. The maximum Gasteiger partial charge on any atom is 0.220 e. The van der Waals surface area contributed by atoms with Crippen molar-refractivity contribution in [2.24, 2.45) is 0 Å². The summed E-state index contributed by atoms with van der Waals surface area (Å²) in [6.45, 7) is 1.92. The van der Waals surface area contributed by atoms with E-state index in [1.165, 1.54) is 0 Å². The van der Waals surface area contributed by atoms with E-state index in [1.54, 1.807) is 0 Å². The molecule has 0 saturated heterocycles. The minimum absolute atomic E-state index is 0.313. The number of aryl methyl sites for hydroxylation is 1. The number of hydrogen-bond donors (Lipinski definition) is 2. The number of nitrogens with two attached hydrogens (primary N) is 1. The first-order chi connectivity index (χ1) is 8.24. The van der Waals surface area contributed by atoms with Crippen molar-refractivity contribution in [3.8, 4) is 11.3 Å². The van der Waals surface area contributed by atoms with Crippen molar-refractivity contribution >= 4 is 16.9 Å². The number of nitrogen functional groups attached to an aromatic ring is 1. The molecule has 0 atom stereocenters. The fourth-order valence-electron chi connectivity index (χ4n) is 2.04. The second-order valence-electron chi connectivity index (χ2n) is 4.00. The van der Waals surface area contributed by atoms with Crippen LogP contribution in [0.25, 0.3) is 22.2 Å². The van der Waals surface area contributed by atoms with Crippen molar-refractivity contribution in [3.63, 3.8) is 0 Å². The number of fused-ring (bicyclic) bond motifs is 1. The number of aromatic amines is 1. The van der Waals surface area contributed by atoms with E-state index >= 15 is 0 Å². The van der Waals surface area contributed by atoms with E-state index in [9.17, 15) is 0 Å². The second-order valence-corrected chi connectivity index (χ2v) is 4.00. The van der Waals surface area contributed by atoms with Gasteiger partial charge in [0.05, 0.1) is 5.69 Å². The number of anilines is 1. The molecule has 4 nitrogen and oxygen atoms in total. The molecule has 2 heterocycles. The summed E-state index contributed by atoms with van der Waals surface area (Å²) in [5.74, 6) is 0.313. The van der Waals surface area contributed by atoms with E-state index in [-0.39, 0.29) is 0 Å². The van der Waals surface area contributed by atoms with Crippen LogP contribution in [0.1, 0.15) is 5.69 Å². The van der Waals surface area contributed by atoms with Gasteiger partial charge in [-0.25, -0.2) is 9.97 Å². The van der Waals surface area contributed by atoms with E-state index in [4.69, 9.17) is 5.73 Å². The van der Waals surface area contributed by atoms with E-state index < -0.39 is 0 Å². The molecule has 0 aliphatic rings. The Morgan fingerprint density at radius 1 is 1.18 bits per heavy atom. The molecule has 0 radical (unpaired) electrons. The number of hydrogen-bond acceptors (Lipinski definition) is 3. The largest absolute Gasteiger partial charge is 0.368 e. The van der Waals surface area contributed by atoms with Crippen LogP contribution < -0.4 is 5.73 Å². The molecule has 3 N–H and O–H groups in total. The standard InChI is InChI=1S/C13H12N4/c1-8-7-12(17-13(14)16-8)9-3-2-4-11-10(9)5-6-15-11/h2-7,15H,1H3,(H2,14,16,17). The number of nitrogens with one attached hydrogen (secondary N) is 1. The van der Waals surface area contributed by atoms with Crippen LogP contribution in [-0.2, 0) is 0 Å². The van der Waals surface area contributed by atoms with Gasteiger partial charge in [-0.1, -0.05) is 12.1 Å². The van der Waals surface area contributed by atoms with Crippen molar-refractivity contribution < 1.29 is 0 Å². The van der Waals surface area contributed by atoms with Gasteiger partial charge in [0.15, 0.2) is 0 Å². The highest BCUT2D eigenvalue weighted by atomic mass is 15.0. The maximum absolute atomic E-state index is 5.69. The number of nitrogens with zero attached hydrogens (tertiary/aromatic N) is 2. The van der Waals surface area contributed by atoms with Crippen LogP contribution in [-0.4, -0.2) is 15.0 Å². The molecule has 0 amide bonds. The highest BCUT2D eigenvalue weighted by molar-refractivity contribution is 5.94. The summed E-state index contributed by atoms with van der Waals surface area (Å²) >= 11 is 0. The van der Waals surface area contributed by atoms with Crippen LogP contribution in [0.4, 0.5) is 5.95 Å². The predicted molar refractivity (Wildman–Crippen MR) is 68.5 cm³/mol. The fourth-order valence-corrected chi connectivity index (χ4v) is 2.04. The van der Waals surface area contributed by atoms with Gasteiger partial charge in [0.1, 0.15) is 0 Å². The van der Waals surface area contributed by atoms with Crippen molar-refractivity contribution in [1.29, 1.82) is 0 Å². The maximum atomic E-state index is 5.69. The molecule has 3 rings (SSSR count). The lowest BCUT2D eigenvalue weighted by molar-refractivity contribution is 1.12.